The maximum absolute atomic E-state index is 5.61. The zero-order valence-corrected chi connectivity index (χ0v) is 13.8. The molecule has 1 N–H and O–H groups in total. The van der Waals surface area contributed by atoms with Crippen LogP contribution in [0.1, 0.15) is 24.0 Å². The molecule has 0 saturated carbocycles. The maximum atomic E-state index is 5.61. The molecule has 2 fully saturated rings. The first-order chi connectivity index (χ1) is 10.7. The van der Waals surface area contributed by atoms with Crippen LogP contribution in [-0.2, 0) is 11.2 Å². The fourth-order valence-corrected chi connectivity index (χ4v) is 3.49. The molecule has 22 heavy (non-hydrogen) atoms. The van der Waals surface area contributed by atoms with Crippen LogP contribution in [0.4, 0.5) is 0 Å². The fraction of sp³-hybridized carbons (Fsp3) is 0.611. The minimum Gasteiger partial charge on any atom is -0.381 e. The van der Waals surface area contributed by atoms with Gasteiger partial charge in [-0.25, -0.2) is 0 Å². The molecule has 2 saturated heterocycles. The summed E-state index contributed by atoms with van der Waals surface area (Å²) in [4.78, 5) is 6.85. The van der Waals surface area contributed by atoms with Crippen molar-refractivity contribution in [2.45, 2.75) is 26.2 Å². The second kappa shape index (κ2) is 6.69. The number of aryl methyl sites for hydroxylation is 1. The summed E-state index contributed by atoms with van der Waals surface area (Å²) in [6.07, 6.45) is 3.46. The van der Waals surface area contributed by atoms with Crippen LogP contribution in [0, 0.1) is 12.3 Å². The molecular formula is C18H27N3O. The Hall–Kier alpha value is -1.55. The van der Waals surface area contributed by atoms with Crippen molar-refractivity contribution in [2.75, 3.05) is 39.9 Å². The monoisotopic (exact) mass is 301 g/mol. The topological polar surface area (TPSA) is 36.9 Å². The molecule has 0 radical (unpaired) electrons. The average molecular weight is 301 g/mol. The second-order valence-electron chi connectivity index (χ2n) is 6.68. The molecule has 0 bridgehead atoms. The number of nitrogens with one attached hydrogen (secondary N) is 1. The number of benzene rings is 1. The van der Waals surface area contributed by atoms with E-state index >= 15 is 0 Å². The van der Waals surface area contributed by atoms with Crippen molar-refractivity contribution >= 4 is 5.96 Å². The normalized spacial score (nSPS) is 25.2. The van der Waals surface area contributed by atoms with Gasteiger partial charge in [0, 0.05) is 38.7 Å². The maximum Gasteiger partial charge on any atom is 0.193 e. The van der Waals surface area contributed by atoms with E-state index in [2.05, 4.69) is 46.4 Å². The Morgan fingerprint density at radius 1 is 1.32 bits per heavy atom. The van der Waals surface area contributed by atoms with Crippen molar-refractivity contribution < 1.29 is 4.74 Å². The van der Waals surface area contributed by atoms with Crippen LogP contribution in [0.5, 0.6) is 0 Å². The highest BCUT2D eigenvalue weighted by molar-refractivity contribution is 5.80. The summed E-state index contributed by atoms with van der Waals surface area (Å²) in [5.74, 6) is 1.04. The molecule has 2 aliphatic rings. The van der Waals surface area contributed by atoms with Gasteiger partial charge in [0.25, 0.3) is 0 Å². The highest BCUT2D eigenvalue weighted by Gasteiger charge is 2.42. The Morgan fingerprint density at radius 3 is 2.82 bits per heavy atom. The minimum atomic E-state index is 0.384. The van der Waals surface area contributed by atoms with Crippen LogP contribution >= 0.6 is 0 Å². The molecule has 120 valence electrons. The van der Waals surface area contributed by atoms with Gasteiger partial charge in [0.2, 0.25) is 0 Å². The number of nitrogens with zero attached hydrogens (tertiary/aromatic N) is 2. The highest BCUT2D eigenvalue weighted by atomic mass is 16.5. The summed E-state index contributed by atoms with van der Waals surface area (Å²) in [5, 5.41) is 3.52. The third-order valence-corrected chi connectivity index (χ3v) is 4.95. The Morgan fingerprint density at radius 2 is 2.14 bits per heavy atom. The molecule has 4 heteroatoms. The lowest BCUT2D eigenvalue weighted by molar-refractivity contribution is 0.156. The first-order valence-electron chi connectivity index (χ1n) is 8.30. The lowest BCUT2D eigenvalue weighted by Gasteiger charge is -2.25. The van der Waals surface area contributed by atoms with Crippen LogP contribution in [0.25, 0.3) is 0 Å². The van der Waals surface area contributed by atoms with E-state index in [0.29, 0.717) is 5.41 Å². The van der Waals surface area contributed by atoms with E-state index in [1.807, 2.05) is 7.05 Å². The van der Waals surface area contributed by atoms with Gasteiger partial charge in [0.05, 0.1) is 6.61 Å². The third kappa shape index (κ3) is 3.43. The molecule has 2 aliphatic heterocycles. The van der Waals surface area contributed by atoms with E-state index in [4.69, 9.17) is 4.74 Å². The third-order valence-electron chi connectivity index (χ3n) is 4.95. The van der Waals surface area contributed by atoms with Gasteiger partial charge in [-0.1, -0.05) is 29.8 Å². The molecule has 0 aliphatic carbocycles. The SMILES string of the molecule is CN=C(NCCc1ccc(C)cc1)N1CCC2(CCOC2)C1. The van der Waals surface area contributed by atoms with Gasteiger partial charge >= 0.3 is 0 Å². The van der Waals surface area contributed by atoms with Gasteiger partial charge in [-0.2, -0.15) is 0 Å². The van der Waals surface area contributed by atoms with Gasteiger partial charge < -0.3 is 15.0 Å². The summed E-state index contributed by atoms with van der Waals surface area (Å²) < 4.78 is 5.61. The first kappa shape index (κ1) is 15.3. The lowest BCUT2D eigenvalue weighted by atomic mass is 9.87. The van der Waals surface area contributed by atoms with E-state index in [9.17, 15) is 0 Å². The molecule has 2 heterocycles. The smallest absolute Gasteiger partial charge is 0.193 e. The van der Waals surface area contributed by atoms with Gasteiger partial charge in [0.1, 0.15) is 0 Å². The average Bonchev–Trinajstić information content (AvgIpc) is 3.16. The van der Waals surface area contributed by atoms with Crippen molar-refractivity contribution in [1.82, 2.24) is 10.2 Å². The summed E-state index contributed by atoms with van der Waals surface area (Å²) >= 11 is 0. The van der Waals surface area contributed by atoms with E-state index in [1.54, 1.807) is 0 Å². The molecule has 1 unspecified atom stereocenters. The molecule has 1 spiro atoms. The predicted octanol–water partition coefficient (Wildman–Crippen LogP) is 2.23. The number of hydrogen-bond acceptors (Lipinski definition) is 2. The van der Waals surface area contributed by atoms with Gasteiger partial charge in [-0.15, -0.1) is 0 Å². The number of aliphatic imine (C=N–C) groups is 1. The van der Waals surface area contributed by atoms with Crippen molar-refractivity contribution in [2.24, 2.45) is 10.4 Å². The Labute approximate surface area is 133 Å². The largest absolute Gasteiger partial charge is 0.381 e. The zero-order chi connectivity index (χ0) is 15.4. The lowest BCUT2D eigenvalue weighted by Crippen LogP contribution is -2.42. The number of rotatable bonds is 3. The molecule has 0 aromatic heterocycles. The quantitative estimate of drug-likeness (QED) is 0.687. The summed E-state index contributed by atoms with van der Waals surface area (Å²) in [6, 6.07) is 8.77. The Balaban J connectivity index is 1.49. The molecular weight excluding hydrogens is 274 g/mol. The first-order valence-corrected chi connectivity index (χ1v) is 8.30. The predicted molar refractivity (Wildman–Crippen MR) is 90.3 cm³/mol. The summed E-state index contributed by atoms with van der Waals surface area (Å²) in [6.45, 7) is 7.07. The van der Waals surface area contributed by atoms with Crippen LogP contribution in [0.3, 0.4) is 0 Å². The van der Waals surface area contributed by atoms with Crippen LogP contribution in [-0.4, -0.2) is 50.8 Å². The van der Waals surface area contributed by atoms with Crippen molar-refractivity contribution in [3.8, 4) is 0 Å². The summed E-state index contributed by atoms with van der Waals surface area (Å²) in [7, 11) is 1.88. The van der Waals surface area contributed by atoms with Gasteiger partial charge in [-0.05, 0) is 31.7 Å². The van der Waals surface area contributed by atoms with E-state index in [-0.39, 0.29) is 0 Å². The van der Waals surface area contributed by atoms with Crippen LogP contribution in [0.2, 0.25) is 0 Å². The Bertz CT molecular complexity index is 518. The molecule has 3 rings (SSSR count). The van der Waals surface area contributed by atoms with E-state index < -0.39 is 0 Å². The number of likely N-dealkylation sites (tertiary alicyclic amines) is 1. The van der Waals surface area contributed by atoms with Crippen molar-refractivity contribution in [3.05, 3.63) is 35.4 Å². The van der Waals surface area contributed by atoms with E-state index in [0.717, 1.165) is 45.2 Å². The number of ether oxygens (including phenoxy) is 1. The van der Waals surface area contributed by atoms with E-state index in [1.165, 1.54) is 24.0 Å². The van der Waals surface area contributed by atoms with Gasteiger partial charge in [0.15, 0.2) is 5.96 Å². The molecule has 1 atom stereocenters. The minimum absolute atomic E-state index is 0.384. The van der Waals surface area contributed by atoms with Crippen LogP contribution in [0.15, 0.2) is 29.3 Å². The van der Waals surface area contributed by atoms with Crippen molar-refractivity contribution in [3.63, 3.8) is 0 Å². The van der Waals surface area contributed by atoms with Crippen LogP contribution < -0.4 is 5.32 Å². The summed E-state index contributed by atoms with van der Waals surface area (Å²) in [5.41, 5.74) is 3.07. The standard InChI is InChI=1S/C18H27N3O/c1-15-3-5-16(6-4-15)7-10-20-17(19-2)21-11-8-18(13-21)9-12-22-14-18/h3-6H,7-14H2,1-2H3,(H,19,20). The Kier molecular flexibility index (Phi) is 4.67. The second-order valence-corrected chi connectivity index (χ2v) is 6.68. The molecule has 1 aromatic rings. The highest BCUT2D eigenvalue weighted by Crippen LogP contribution is 2.38. The molecule has 4 nitrogen and oxygen atoms in total. The molecule has 0 amide bonds. The molecule has 1 aromatic carbocycles. The number of guanidine groups is 1. The van der Waals surface area contributed by atoms with Gasteiger partial charge in [-0.3, -0.25) is 4.99 Å². The fourth-order valence-electron chi connectivity index (χ4n) is 3.49. The van der Waals surface area contributed by atoms with Crippen molar-refractivity contribution in [1.29, 1.82) is 0 Å². The number of hydrogen-bond donors (Lipinski definition) is 1. The zero-order valence-electron chi connectivity index (χ0n) is 13.8.